The van der Waals surface area contributed by atoms with Crippen LogP contribution in [0, 0.1) is 6.92 Å². The predicted molar refractivity (Wildman–Crippen MR) is 65.0 cm³/mol. The zero-order valence-corrected chi connectivity index (χ0v) is 9.23. The lowest BCUT2D eigenvalue weighted by molar-refractivity contribution is -0.147. The fourth-order valence-electron chi connectivity index (χ4n) is 1.71. The fourth-order valence-corrected chi connectivity index (χ4v) is 1.71. The summed E-state index contributed by atoms with van der Waals surface area (Å²) in [6, 6.07) is 11.3. The molecule has 0 aliphatic rings. The Morgan fingerprint density at radius 1 is 1.12 bits per heavy atom. The van der Waals surface area contributed by atoms with Crippen LogP contribution in [0.5, 0.6) is 0 Å². The zero-order chi connectivity index (χ0) is 12.4. The smallest absolute Gasteiger partial charge is 0.394 e. The minimum atomic E-state index is -1.49. The minimum absolute atomic E-state index is 0.551. The maximum absolute atomic E-state index is 11.2. The molecule has 0 aromatic heterocycles. The molecule has 17 heavy (non-hydrogen) atoms. The molecule has 0 aliphatic heterocycles. The van der Waals surface area contributed by atoms with E-state index in [2.05, 4.69) is 5.32 Å². The van der Waals surface area contributed by atoms with Crippen molar-refractivity contribution in [2.45, 2.75) is 6.92 Å². The van der Waals surface area contributed by atoms with Gasteiger partial charge in [0.15, 0.2) is 0 Å². The van der Waals surface area contributed by atoms with E-state index in [0.29, 0.717) is 5.69 Å². The summed E-state index contributed by atoms with van der Waals surface area (Å²) in [4.78, 5) is 21.7. The summed E-state index contributed by atoms with van der Waals surface area (Å²) in [5.74, 6) is -2.51. The van der Waals surface area contributed by atoms with Crippen LogP contribution in [0.25, 0.3) is 10.8 Å². The van der Waals surface area contributed by atoms with Gasteiger partial charge in [0, 0.05) is 5.39 Å². The van der Waals surface area contributed by atoms with Crippen molar-refractivity contribution in [3.8, 4) is 0 Å². The summed E-state index contributed by atoms with van der Waals surface area (Å²) >= 11 is 0. The van der Waals surface area contributed by atoms with Gasteiger partial charge in [-0.3, -0.25) is 4.79 Å². The average molecular weight is 229 g/mol. The molecule has 2 rings (SSSR count). The van der Waals surface area contributed by atoms with Crippen LogP contribution < -0.4 is 5.32 Å². The highest BCUT2D eigenvalue weighted by Crippen LogP contribution is 2.26. The van der Waals surface area contributed by atoms with Gasteiger partial charge in [0.05, 0.1) is 5.69 Å². The minimum Gasteiger partial charge on any atom is -0.474 e. The summed E-state index contributed by atoms with van der Waals surface area (Å²) in [5.41, 5.74) is 1.38. The molecule has 0 fully saturated rings. The van der Waals surface area contributed by atoms with E-state index in [9.17, 15) is 9.59 Å². The standard InChI is InChI=1S/C13H11NO3/c1-8-6-7-9-4-2-3-5-10(9)11(8)14-12(15)13(16)17/h2-7H,1H3,(H,14,15)(H,16,17). The van der Waals surface area contributed by atoms with E-state index in [4.69, 9.17) is 5.11 Å². The SMILES string of the molecule is Cc1ccc2ccccc2c1NC(=O)C(=O)O. The molecule has 4 heteroatoms. The lowest BCUT2D eigenvalue weighted by atomic mass is 10.0. The summed E-state index contributed by atoms with van der Waals surface area (Å²) < 4.78 is 0. The van der Waals surface area contributed by atoms with Crippen molar-refractivity contribution in [2.24, 2.45) is 0 Å². The number of hydrogen-bond donors (Lipinski definition) is 2. The molecule has 0 unspecified atom stereocenters. The van der Waals surface area contributed by atoms with E-state index < -0.39 is 11.9 Å². The van der Waals surface area contributed by atoms with E-state index in [0.717, 1.165) is 16.3 Å². The highest BCUT2D eigenvalue weighted by Gasteiger charge is 2.14. The molecule has 86 valence electrons. The van der Waals surface area contributed by atoms with Crippen LogP contribution in [0.1, 0.15) is 5.56 Å². The van der Waals surface area contributed by atoms with Crippen LogP contribution in [-0.2, 0) is 9.59 Å². The Morgan fingerprint density at radius 3 is 2.53 bits per heavy atom. The Labute approximate surface area is 97.9 Å². The van der Waals surface area contributed by atoms with Crippen molar-refractivity contribution >= 4 is 28.3 Å². The number of rotatable bonds is 1. The maximum Gasteiger partial charge on any atom is 0.394 e. The third-order valence-electron chi connectivity index (χ3n) is 2.57. The molecule has 0 heterocycles. The first kappa shape index (κ1) is 11.1. The highest BCUT2D eigenvalue weighted by atomic mass is 16.4. The average Bonchev–Trinajstić information content (AvgIpc) is 2.32. The van der Waals surface area contributed by atoms with E-state index in [1.54, 1.807) is 0 Å². The Hall–Kier alpha value is -2.36. The van der Waals surface area contributed by atoms with Gasteiger partial charge in [-0.25, -0.2) is 4.79 Å². The molecule has 0 atom stereocenters. The number of carbonyl (C=O) groups is 2. The number of fused-ring (bicyclic) bond motifs is 1. The maximum atomic E-state index is 11.2. The van der Waals surface area contributed by atoms with Gasteiger partial charge in [0.2, 0.25) is 0 Å². The van der Waals surface area contributed by atoms with Gasteiger partial charge in [-0.2, -0.15) is 0 Å². The first-order valence-electron chi connectivity index (χ1n) is 5.12. The van der Waals surface area contributed by atoms with Gasteiger partial charge in [-0.1, -0.05) is 36.4 Å². The van der Waals surface area contributed by atoms with Crippen LogP contribution in [0.2, 0.25) is 0 Å². The molecule has 2 aromatic rings. The van der Waals surface area contributed by atoms with Crippen LogP contribution in [-0.4, -0.2) is 17.0 Å². The molecule has 2 N–H and O–H groups in total. The molecule has 4 nitrogen and oxygen atoms in total. The van der Waals surface area contributed by atoms with Crippen molar-refractivity contribution in [1.29, 1.82) is 0 Å². The van der Waals surface area contributed by atoms with Gasteiger partial charge in [-0.15, -0.1) is 0 Å². The molecule has 0 radical (unpaired) electrons. The van der Waals surface area contributed by atoms with Crippen LogP contribution in [0.15, 0.2) is 36.4 Å². The number of aryl methyl sites for hydroxylation is 1. The number of carbonyl (C=O) groups excluding carboxylic acids is 1. The number of carboxylic acid groups (broad SMARTS) is 1. The van der Waals surface area contributed by atoms with E-state index in [1.165, 1.54) is 0 Å². The number of amides is 1. The molecule has 0 bridgehead atoms. The van der Waals surface area contributed by atoms with E-state index in [1.807, 2.05) is 43.3 Å². The predicted octanol–water partition coefficient (Wildman–Crippen LogP) is 2.17. The molecular formula is C13H11NO3. The Morgan fingerprint density at radius 2 is 1.82 bits per heavy atom. The lowest BCUT2D eigenvalue weighted by Crippen LogP contribution is -2.22. The number of aliphatic carboxylic acids is 1. The zero-order valence-electron chi connectivity index (χ0n) is 9.23. The first-order chi connectivity index (χ1) is 8.09. The van der Waals surface area contributed by atoms with Crippen LogP contribution >= 0.6 is 0 Å². The molecular weight excluding hydrogens is 218 g/mol. The van der Waals surface area contributed by atoms with Gasteiger partial charge >= 0.3 is 11.9 Å². The molecule has 2 aromatic carbocycles. The summed E-state index contributed by atoms with van der Waals surface area (Å²) in [6.45, 7) is 1.82. The quantitative estimate of drug-likeness (QED) is 0.736. The van der Waals surface area contributed by atoms with Crippen molar-refractivity contribution in [2.75, 3.05) is 5.32 Å². The molecule has 0 aliphatic carbocycles. The molecule has 1 amide bonds. The Balaban J connectivity index is 2.55. The van der Waals surface area contributed by atoms with E-state index >= 15 is 0 Å². The second-order valence-corrected chi connectivity index (χ2v) is 3.74. The molecule has 0 spiro atoms. The fraction of sp³-hybridized carbons (Fsp3) is 0.0769. The third kappa shape index (κ3) is 2.10. The van der Waals surface area contributed by atoms with E-state index in [-0.39, 0.29) is 0 Å². The summed E-state index contributed by atoms with van der Waals surface area (Å²) in [6.07, 6.45) is 0. The normalized spacial score (nSPS) is 10.2. The monoisotopic (exact) mass is 229 g/mol. The number of carboxylic acids is 1. The second-order valence-electron chi connectivity index (χ2n) is 3.74. The second kappa shape index (κ2) is 4.25. The third-order valence-corrected chi connectivity index (χ3v) is 2.57. The van der Waals surface area contributed by atoms with Crippen molar-refractivity contribution in [3.05, 3.63) is 42.0 Å². The van der Waals surface area contributed by atoms with Gasteiger partial charge in [0.1, 0.15) is 0 Å². The number of hydrogen-bond acceptors (Lipinski definition) is 2. The lowest BCUT2D eigenvalue weighted by Gasteiger charge is -2.10. The van der Waals surface area contributed by atoms with Gasteiger partial charge < -0.3 is 10.4 Å². The van der Waals surface area contributed by atoms with Crippen LogP contribution in [0.3, 0.4) is 0 Å². The molecule has 0 saturated carbocycles. The summed E-state index contributed by atoms with van der Waals surface area (Å²) in [7, 11) is 0. The first-order valence-corrected chi connectivity index (χ1v) is 5.12. The largest absolute Gasteiger partial charge is 0.474 e. The highest BCUT2D eigenvalue weighted by molar-refractivity contribution is 6.37. The Kier molecular flexibility index (Phi) is 2.78. The molecule has 0 saturated heterocycles. The number of nitrogens with one attached hydrogen (secondary N) is 1. The van der Waals surface area contributed by atoms with Crippen LogP contribution in [0.4, 0.5) is 5.69 Å². The van der Waals surface area contributed by atoms with Crippen molar-refractivity contribution in [3.63, 3.8) is 0 Å². The van der Waals surface area contributed by atoms with Gasteiger partial charge in [-0.05, 0) is 17.9 Å². The van der Waals surface area contributed by atoms with Crippen molar-refractivity contribution < 1.29 is 14.7 Å². The topological polar surface area (TPSA) is 66.4 Å². The van der Waals surface area contributed by atoms with Gasteiger partial charge in [0.25, 0.3) is 0 Å². The summed E-state index contributed by atoms with van der Waals surface area (Å²) in [5, 5.41) is 12.8. The Bertz CT molecular complexity index is 605. The number of benzene rings is 2. The van der Waals surface area contributed by atoms with Crippen molar-refractivity contribution in [1.82, 2.24) is 0 Å². The number of anilines is 1.